The largest absolute Gasteiger partial charge is 0.397 e. The Labute approximate surface area is 161 Å². The molecule has 2 saturated heterocycles. The van der Waals surface area contributed by atoms with Gasteiger partial charge in [0.25, 0.3) is 0 Å². The monoisotopic (exact) mass is 367 g/mol. The number of benzene rings is 1. The first kappa shape index (κ1) is 19.4. The molecule has 0 spiro atoms. The molecule has 1 aromatic rings. The maximum atomic E-state index is 12.5. The number of carbonyl (C=O) groups excluding carboxylic acids is 1. The molecule has 0 radical (unpaired) electrons. The predicted octanol–water partition coefficient (Wildman–Crippen LogP) is 2.67. The summed E-state index contributed by atoms with van der Waals surface area (Å²) >= 11 is 0. The fraction of sp³-hybridized carbons (Fsp3) is 0.409. The van der Waals surface area contributed by atoms with Gasteiger partial charge < -0.3 is 15.8 Å². The number of carbonyl (C=O) groups is 1. The smallest absolute Gasteiger partial charge is 0.227 e. The van der Waals surface area contributed by atoms with Gasteiger partial charge >= 0.3 is 0 Å². The van der Waals surface area contributed by atoms with Crippen LogP contribution in [0.1, 0.15) is 25.3 Å². The van der Waals surface area contributed by atoms with Gasteiger partial charge in [0.15, 0.2) is 0 Å². The Bertz CT molecular complexity index is 727. The van der Waals surface area contributed by atoms with Gasteiger partial charge in [0, 0.05) is 5.92 Å². The molecule has 1 amide bonds. The number of rotatable bonds is 6. The van der Waals surface area contributed by atoms with Gasteiger partial charge in [-0.2, -0.15) is 0 Å². The van der Waals surface area contributed by atoms with E-state index in [2.05, 4.69) is 28.9 Å². The summed E-state index contributed by atoms with van der Waals surface area (Å²) in [4.78, 5) is 14.9. The minimum Gasteiger partial charge on any atom is -0.397 e. The van der Waals surface area contributed by atoms with E-state index in [1.54, 1.807) is 6.08 Å². The molecule has 5 heteroatoms. The number of nitrogens with two attached hydrogens (primary N) is 1. The first-order valence-corrected chi connectivity index (χ1v) is 9.56. The van der Waals surface area contributed by atoms with Gasteiger partial charge in [0.1, 0.15) is 0 Å². The summed E-state index contributed by atoms with van der Waals surface area (Å²) in [5, 5.41) is 2.89. The van der Waals surface area contributed by atoms with E-state index in [9.17, 15) is 4.79 Å². The lowest BCUT2D eigenvalue weighted by Crippen LogP contribution is -2.52. The Morgan fingerprint density at radius 2 is 1.89 bits per heavy atom. The molecule has 144 valence electrons. The van der Waals surface area contributed by atoms with Gasteiger partial charge in [0.05, 0.1) is 30.6 Å². The maximum Gasteiger partial charge on any atom is 0.227 e. The third-order valence-electron chi connectivity index (χ3n) is 5.40. The lowest BCUT2D eigenvalue weighted by Gasteiger charge is -2.41. The molecule has 0 aliphatic carbocycles. The summed E-state index contributed by atoms with van der Waals surface area (Å²) in [5.41, 5.74) is 9.27. The van der Waals surface area contributed by atoms with Crippen LogP contribution in [-0.4, -0.2) is 43.2 Å². The molecule has 5 nitrogen and oxygen atoms in total. The number of hydrogen-bond acceptors (Lipinski definition) is 4. The molecule has 2 aliphatic rings. The maximum absolute atomic E-state index is 12.5. The third kappa shape index (κ3) is 5.08. The third-order valence-corrected chi connectivity index (χ3v) is 5.40. The number of nitrogens with one attached hydrogen (secondary N) is 1. The Morgan fingerprint density at radius 1 is 1.22 bits per heavy atom. The molecule has 2 aliphatic heterocycles. The Kier molecular flexibility index (Phi) is 6.48. The predicted molar refractivity (Wildman–Crippen MR) is 109 cm³/mol. The first-order chi connectivity index (χ1) is 13.0. The number of piperidine rings is 1. The molecule has 0 saturated carbocycles. The number of hydrogen-bond donors (Lipinski definition) is 2. The quantitative estimate of drug-likeness (QED) is 0.759. The molecule has 3 rings (SSSR count). The van der Waals surface area contributed by atoms with E-state index in [4.69, 9.17) is 10.5 Å². The van der Waals surface area contributed by atoms with Crippen molar-refractivity contribution < 1.29 is 9.53 Å². The number of nitrogens with zero attached hydrogens (tertiary/aromatic N) is 1. The molecule has 0 bridgehead atoms. The van der Waals surface area contributed by atoms with Crippen LogP contribution in [0.3, 0.4) is 0 Å². The minimum absolute atomic E-state index is 0.0182. The highest BCUT2D eigenvalue weighted by atomic mass is 16.5. The Morgan fingerprint density at radius 3 is 2.48 bits per heavy atom. The highest BCUT2D eigenvalue weighted by Gasteiger charge is 2.32. The molecule has 0 atom stereocenters. The molecule has 27 heavy (non-hydrogen) atoms. The average molecular weight is 367 g/mol. The Balaban J connectivity index is 1.49. The number of ether oxygens (including phenoxy) is 1. The van der Waals surface area contributed by atoms with E-state index in [-0.39, 0.29) is 11.8 Å². The molecular weight excluding hydrogens is 338 g/mol. The average Bonchev–Trinajstić information content (AvgIpc) is 2.65. The second-order valence-electron chi connectivity index (χ2n) is 7.31. The summed E-state index contributed by atoms with van der Waals surface area (Å²) in [6.07, 6.45) is 5.48. The van der Waals surface area contributed by atoms with Crippen molar-refractivity contribution in [2.75, 3.05) is 26.3 Å². The van der Waals surface area contributed by atoms with Crippen LogP contribution < -0.4 is 11.1 Å². The highest BCUT2D eigenvalue weighted by Crippen LogP contribution is 2.22. The van der Waals surface area contributed by atoms with Crippen LogP contribution in [0.25, 0.3) is 5.57 Å². The highest BCUT2D eigenvalue weighted by molar-refractivity contribution is 5.81. The molecular formula is C22H29N3O2. The van der Waals surface area contributed by atoms with Crippen LogP contribution in [-0.2, 0) is 9.53 Å². The lowest BCUT2D eigenvalue weighted by molar-refractivity contribution is -0.127. The van der Waals surface area contributed by atoms with Crippen LogP contribution >= 0.6 is 0 Å². The first-order valence-electron chi connectivity index (χ1n) is 9.56. The summed E-state index contributed by atoms with van der Waals surface area (Å²) in [7, 11) is 0. The van der Waals surface area contributed by atoms with E-state index < -0.39 is 0 Å². The van der Waals surface area contributed by atoms with Crippen molar-refractivity contribution in [3.63, 3.8) is 0 Å². The summed E-state index contributed by atoms with van der Waals surface area (Å²) in [6.45, 7) is 9.50. The normalized spacial score (nSPS) is 20.2. The van der Waals surface area contributed by atoms with Gasteiger partial charge in [-0.05, 0) is 50.1 Å². The topological polar surface area (TPSA) is 67.6 Å². The molecule has 2 fully saturated rings. The van der Waals surface area contributed by atoms with Crippen LogP contribution in [0.2, 0.25) is 0 Å². The molecule has 3 N–H and O–H groups in total. The summed E-state index contributed by atoms with van der Waals surface area (Å²) in [5.74, 6) is 0.0398. The van der Waals surface area contributed by atoms with Gasteiger partial charge in [0.2, 0.25) is 5.91 Å². The molecule has 2 heterocycles. The van der Waals surface area contributed by atoms with Gasteiger partial charge in [-0.1, -0.05) is 43.0 Å². The minimum atomic E-state index is 0.0182. The standard InChI is InChI=1S/C22H29N3O2/c1-16(18-6-4-3-5-7-18)8-9-21(23)17(2)24-22(26)19-10-12-25(13-11-19)20-14-27-15-20/h3-9,19-20H,2,10-15,23H2,1H3,(H,24,26)/b16-8+,21-9+. The van der Waals surface area contributed by atoms with Crippen molar-refractivity contribution in [1.82, 2.24) is 10.2 Å². The van der Waals surface area contributed by atoms with Gasteiger partial charge in [-0.3, -0.25) is 9.69 Å². The Hall–Kier alpha value is -2.37. The van der Waals surface area contributed by atoms with E-state index in [0.29, 0.717) is 17.4 Å². The van der Waals surface area contributed by atoms with Crippen LogP contribution in [0, 0.1) is 5.92 Å². The summed E-state index contributed by atoms with van der Waals surface area (Å²) < 4.78 is 5.25. The van der Waals surface area contributed by atoms with Gasteiger partial charge in [-0.25, -0.2) is 0 Å². The van der Waals surface area contributed by atoms with E-state index in [0.717, 1.165) is 50.3 Å². The second-order valence-corrected chi connectivity index (χ2v) is 7.31. The number of allylic oxidation sites excluding steroid dienone is 3. The lowest BCUT2D eigenvalue weighted by atomic mass is 9.94. The summed E-state index contributed by atoms with van der Waals surface area (Å²) in [6, 6.07) is 10.6. The zero-order valence-electron chi connectivity index (χ0n) is 16.0. The molecule has 1 aromatic carbocycles. The van der Waals surface area contributed by atoms with Crippen molar-refractivity contribution in [3.05, 3.63) is 66.0 Å². The van der Waals surface area contributed by atoms with Crippen LogP contribution in [0.15, 0.2) is 60.5 Å². The number of likely N-dealkylation sites (tertiary alicyclic amines) is 1. The second kappa shape index (κ2) is 9.02. The van der Waals surface area contributed by atoms with Crippen molar-refractivity contribution in [2.45, 2.75) is 25.8 Å². The van der Waals surface area contributed by atoms with E-state index in [1.165, 1.54) is 0 Å². The van der Waals surface area contributed by atoms with Crippen molar-refractivity contribution in [1.29, 1.82) is 0 Å². The SMILES string of the molecule is C=C(NC(=O)C1CCN(C2COC2)CC1)/C(N)=C\C=C(/C)c1ccccc1. The number of amides is 1. The van der Waals surface area contributed by atoms with Crippen molar-refractivity contribution >= 4 is 11.5 Å². The molecule has 0 unspecified atom stereocenters. The van der Waals surface area contributed by atoms with Crippen molar-refractivity contribution in [2.24, 2.45) is 11.7 Å². The fourth-order valence-corrected chi connectivity index (χ4v) is 3.40. The van der Waals surface area contributed by atoms with Crippen molar-refractivity contribution in [3.8, 4) is 0 Å². The van der Waals surface area contributed by atoms with E-state index in [1.807, 2.05) is 31.2 Å². The zero-order valence-corrected chi connectivity index (χ0v) is 16.0. The van der Waals surface area contributed by atoms with E-state index >= 15 is 0 Å². The fourth-order valence-electron chi connectivity index (χ4n) is 3.40. The van der Waals surface area contributed by atoms with Gasteiger partial charge in [-0.15, -0.1) is 0 Å². The zero-order chi connectivity index (χ0) is 19.2. The van der Waals surface area contributed by atoms with Crippen LogP contribution in [0.4, 0.5) is 0 Å². The molecule has 0 aromatic heterocycles. The van der Waals surface area contributed by atoms with Crippen LogP contribution in [0.5, 0.6) is 0 Å².